The minimum atomic E-state index is -5.18. The molecule has 1 aliphatic heterocycles. The Kier molecular flexibility index (Phi) is 7.47. The zero-order valence-electron chi connectivity index (χ0n) is 15.5. The molecule has 2 fully saturated rings. The first-order chi connectivity index (χ1) is 12.7. The van der Waals surface area contributed by atoms with E-state index in [0.29, 0.717) is 0 Å². The van der Waals surface area contributed by atoms with Gasteiger partial charge in [0.1, 0.15) is 0 Å². The third kappa shape index (κ3) is 5.55. The van der Waals surface area contributed by atoms with Crippen molar-refractivity contribution in [2.45, 2.75) is 69.7 Å². The van der Waals surface area contributed by atoms with Gasteiger partial charge in [0.15, 0.2) is 0 Å². The third-order valence-corrected chi connectivity index (χ3v) is 4.86. The average molecular weight is 397 g/mol. The van der Waals surface area contributed by atoms with Crippen LogP contribution in [0, 0.1) is 0 Å². The highest BCUT2D eigenvalue weighted by Gasteiger charge is 2.52. The van der Waals surface area contributed by atoms with E-state index in [1.165, 1.54) is 14.0 Å². The molecular weight excluding hydrogens is 371 g/mol. The van der Waals surface area contributed by atoms with Crippen molar-refractivity contribution < 1.29 is 41.7 Å². The van der Waals surface area contributed by atoms with E-state index in [-0.39, 0.29) is 38.4 Å². The molecule has 1 unspecified atom stereocenters. The normalized spacial score (nSPS) is 28.0. The van der Waals surface area contributed by atoms with Crippen LogP contribution in [0.1, 0.15) is 45.4 Å². The summed E-state index contributed by atoms with van der Waals surface area (Å²) in [6, 6.07) is 0. The third-order valence-electron chi connectivity index (χ3n) is 4.86. The number of esters is 2. The van der Waals surface area contributed by atoms with E-state index in [0.717, 1.165) is 25.9 Å². The van der Waals surface area contributed by atoms with Crippen molar-refractivity contribution in [1.29, 1.82) is 0 Å². The molecule has 10 heteroatoms. The van der Waals surface area contributed by atoms with Gasteiger partial charge in [-0.2, -0.15) is 13.2 Å². The van der Waals surface area contributed by atoms with E-state index in [4.69, 9.17) is 14.2 Å². The summed E-state index contributed by atoms with van der Waals surface area (Å²) in [6.45, 7) is 3.21. The quantitative estimate of drug-likeness (QED) is 0.482. The van der Waals surface area contributed by atoms with Gasteiger partial charge in [0.25, 0.3) is 0 Å². The number of methoxy groups -OCH3 is 1. The lowest BCUT2D eigenvalue weighted by molar-refractivity contribution is -0.244. The Balaban J connectivity index is 2.01. The van der Waals surface area contributed by atoms with Gasteiger partial charge >= 0.3 is 18.1 Å². The molecule has 1 heterocycles. The zero-order valence-corrected chi connectivity index (χ0v) is 15.5. The lowest BCUT2D eigenvalue weighted by Gasteiger charge is -2.39. The highest BCUT2D eigenvalue weighted by atomic mass is 19.4. The lowest BCUT2D eigenvalue weighted by Crippen LogP contribution is -2.51. The van der Waals surface area contributed by atoms with Gasteiger partial charge in [-0.05, 0) is 32.6 Å². The van der Waals surface area contributed by atoms with Crippen LogP contribution in [-0.4, -0.2) is 67.9 Å². The predicted molar refractivity (Wildman–Crippen MR) is 86.5 cm³/mol. The molecule has 156 valence electrons. The van der Waals surface area contributed by atoms with Crippen LogP contribution >= 0.6 is 0 Å². The van der Waals surface area contributed by atoms with Crippen molar-refractivity contribution >= 4 is 11.9 Å². The molecule has 0 radical (unpaired) electrons. The number of alkyl halides is 3. The standard InChI is InChI=1S/C17H26F3NO6/c1-3-25-13(22)16(27-14(23)17(18,19)20)8-6-12(7-9-16)26-15(24-2)21-10-4-5-11-21/h12,15H,3-11H2,1-2H3. The number of carbonyl (C=O) groups is 2. The van der Waals surface area contributed by atoms with E-state index in [1.54, 1.807) is 0 Å². The summed E-state index contributed by atoms with van der Waals surface area (Å²) in [5.74, 6) is -3.34. The van der Waals surface area contributed by atoms with Crippen LogP contribution < -0.4 is 0 Å². The first-order valence-electron chi connectivity index (χ1n) is 9.11. The van der Waals surface area contributed by atoms with Crippen LogP contribution in [0.25, 0.3) is 0 Å². The number of nitrogens with zero attached hydrogens (tertiary/aromatic N) is 1. The largest absolute Gasteiger partial charge is 0.490 e. The first-order valence-corrected chi connectivity index (χ1v) is 9.11. The molecule has 1 saturated heterocycles. The van der Waals surface area contributed by atoms with Crippen molar-refractivity contribution in [3.8, 4) is 0 Å². The highest BCUT2D eigenvalue weighted by molar-refractivity contribution is 5.85. The van der Waals surface area contributed by atoms with Crippen LogP contribution in [0.2, 0.25) is 0 Å². The van der Waals surface area contributed by atoms with Gasteiger partial charge < -0.3 is 18.9 Å². The summed E-state index contributed by atoms with van der Waals surface area (Å²) in [5.41, 5.74) is -1.93. The monoisotopic (exact) mass is 397 g/mol. The van der Waals surface area contributed by atoms with Gasteiger partial charge in [0.05, 0.1) is 12.7 Å². The van der Waals surface area contributed by atoms with Crippen molar-refractivity contribution in [2.75, 3.05) is 26.8 Å². The van der Waals surface area contributed by atoms with E-state index in [9.17, 15) is 22.8 Å². The minimum Gasteiger partial charge on any atom is -0.463 e. The number of hydrogen-bond acceptors (Lipinski definition) is 7. The van der Waals surface area contributed by atoms with Crippen molar-refractivity contribution in [2.24, 2.45) is 0 Å². The molecule has 7 nitrogen and oxygen atoms in total. The lowest BCUT2D eigenvalue weighted by atomic mass is 9.83. The molecule has 1 saturated carbocycles. The van der Waals surface area contributed by atoms with E-state index < -0.39 is 30.1 Å². The predicted octanol–water partition coefficient (Wildman–Crippen LogP) is 2.38. The van der Waals surface area contributed by atoms with Gasteiger partial charge in [-0.3, -0.25) is 4.90 Å². The molecule has 2 rings (SSSR count). The Morgan fingerprint density at radius 2 is 1.78 bits per heavy atom. The first kappa shape index (κ1) is 21.9. The van der Waals surface area contributed by atoms with Crippen molar-refractivity contribution in [1.82, 2.24) is 4.90 Å². The van der Waals surface area contributed by atoms with Gasteiger partial charge in [-0.25, -0.2) is 9.59 Å². The smallest absolute Gasteiger partial charge is 0.463 e. The number of likely N-dealkylation sites (tertiary alicyclic amines) is 1. The summed E-state index contributed by atoms with van der Waals surface area (Å²) in [4.78, 5) is 25.6. The fourth-order valence-electron chi connectivity index (χ4n) is 3.45. The number of carbonyl (C=O) groups excluding carboxylic acids is 2. The van der Waals surface area contributed by atoms with Crippen molar-refractivity contribution in [3.63, 3.8) is 0 Å². The second kappa shape index (κ2) is 9.20. The Morgan fingerprint density at radius 1 is 1.19 bits per heavy atom. The molecule has 1 aliphatic carbocycles. The Bertz CT molecular complexity index is 513. The Hall–Kier alpha value is -1.39. The molecule has 2 aliphatic rings. The second-order valence-electron chi connectivity index (χ2n) is 6.72. The summed E-state index contributed by atoms with van der Waals surface area (Å²) < 4.78 is 58.6. The van der Waals surface area contributed by atoms with Crippen LogP contribution in [0.5, 0.6) is 0 Å². The minimum absolute atomic E-state index is 0.0230. The maximum Gasteiger partial charge on any atom is 0.490 e. The zero-order chi connectivity index (χ0) is 20.1. The molecule has 1 atom stereocenters. The fraction of sp³-hybridized carbons (Fsp3) is 0.882. The molecule has 0 amide bonds. The highest BCUT2D eigenvalue weighted by Crippen LogP contribution is 2.37. The molecule has 0 bridgehead atoms. The van der Waals surface area contributed by atoms with Gasteiger partial charge in [0.2, 0.25) is 12.0 Å². The molecule has 27 heavy (non-hydrogen) atoms. The maximum absolute atomic E-state index is 12.6. The summed E-state index contributed by atoms with van der Waals surface area (Å²) in [5, 5.41) is 0. The van der Waals surface area contributed by atoms with Gasteiger partial charge in [0, 0.05) is 33.0 Å². The molecule has 0 aromatic carbocycles. The van der Waals surface area contributed by atoms with Gasteiger partial charge in [-0.1, -0.05) is 0 Å². The molecule has 0 aromatic heterocycles. The van der Waals surface area contributed by atoms with Crippen LogP contribution in [0.3, 0.4) is 0 Å². The number of halogens is 3. The molecule has 0 N–H and O–H groups in total. The number of rotatable bonds is 7. The van der Waals surface area contributed by atoms with Crippen molar-refractivity contribution in [3.05, 3.63) is 0 Å². The molecule has 0 aromatic rings. The Labute approximate surface area is 156 Å². The van der Waals surface area contributed by atoms with E-state index >= 15 is 0 Å². The summed E-state index contributed by atoms with van der Waals surface area (Å²) >= 11 is 0. The van der Waals surface area contributed by atoms with Crippen LogP contribution in [0.15, 0.2) is 0 Å². The summed E-state index contributed by atoms with van der Waals surface area (Å²) in [6.07, 6.45) is -3.64. The Morgan fingerprint density at radius 3 is 2.26 bits per heavy atom. The average Bonchev–Trinajstić information content (AvgIpc) is 3.15. The molecule has 0 spiro atoms. The van der Waals surface area contributed by atoms with Gasteiger partial charge in [-0.15, -0.1) is 0 Å². The fourth-order valence-corrected chi connectivity index (χ4v) is 3.45. The van der Waals surface area contributed by atoms with E-state index in [2.05, 4.69) is 4.74 Å². The summed E-state index contributed by atoms with van der Waals surface area (Å²) in [7, 11) is 1.53. The molecular formula is C17H26F3NO6. The van der Waals surface area contributed by atoms with Crippen LogP contribution in [-0.2, 0) is 28.5 Å². The van der Waals surface area contributed by atoms with E-state index in [1.807, 2.05) is 4.90 Å². The SMILES string of the molecule is CCOC(=O)C1(OC(=O)C(F)(F)F)CCC(OC(OC)N2CCCC2)CC1. The number of ether oxygens (including phenoxy) is 4. The second-order valence-corrected chi connectivity index (χ2v) is 6.72. The topological polar surface area (TPSA) is 74.3 Å². The number of hydrogen-bond donors (Lipinski definition) is 0. The maximum atomic E-state index is 12.6. The van der Waals surface area contributed by atoms with Crippen LogP contribution in [0.4, 0.5) is 13.2 Å².